The molecule has 0 fully saturated rings. The van der Waals surface area contributed by atoms with Crippen LogP contribution >= 0.6 is 0 Å². The SMILES string of the molecule is COc1ccc(-c2c(C(=O)NCc3ccccc3)noc2C(=O)NCc2ccccc2)cc1. The van der Waals surface area contributed by atoms with Crippen molar-refractivity contribution in [1.82, 2.24) is 15.8 Å². The maximum absolute atomic E-state index is 13.0. The molecule has 0 radical (unpaired) electrons. The number of rotatable bonds is 8. The fraction of sp³-hybridized carbons (Fsp3) is 0.115. The minimum Gasteiger partial charge on any atom is -0.497 e. The van der Waals surface area contributed by atoms with Crippen LogP contribution in [-0.4, -0.2) is 24.1 Å². The van der Waals surface area contributed by atoms with Crippen LogP contribution in [0.3, 0.4) is 0 Å². The molecule has 7 nitrogen and oxygen atoms in total. The van der Waals surface area contributed by atoms with Gasteiger partial charge in [-0.15, -0.1) is 0 Å². The smallest absolute Gasteiger partial charge is 0.290 e. The molecule has 0 spiro atoms. The van der Waals surface area contributed by atoms with Crippen LogP contribution in [0.2, 0.25) is 0 Å². The van der Waals surface area contributed by atoms with Gasteiger partial charge in [-0.1, -0.05) is 78.0 Å². The van der Waals surface area contributed by atoms with Gasteiger partial charge in [-0.3, -0.25) is 9.59 Å². The lowest BCUT2D eigenvalue weighted by molar-refractivity contribution is 0.0906. The zero-order valence-electron chi connectivity index (χ0n) is 18.1. The lowest BCUT2D eigenvalue weighted by Crippen LogP contribution is -2.25. The Labute approximate surface area is 191 Å². The Morgan fingerprint density at radius 3 is 1.88 bits per heavy atom. The van der Waals surface area contributed by atoms with Gasteiger partial charge in [0.05, 0.1) is 12.7 Å². The van der Waals surface area contributed by atoms with Gasteiger partial charge in [0.15, 0.2) is 5.69 Å². The lowest BCUT2D eigenvalue weighted by Gasteiger charge is -2.08. The summed E-state index contributed by atoms with van der Waals surface area (Å²) in [5.74, 6) is -0.267. The minimum absolute atomic E-state index is 0.0269. The predicted molar refractivity (Wildman–Crippen MR) is 124 cm³/mol. The Balaban J connectivity index is 1.61. The van der Waals surface area contributed by atoms with Crippen LogP contribution in [0.5, 0.6) is 5.75 Å². The third-order valence-electron chi connectivity index (χ3n) is 5.08. The summed E-state index contributed by atoms with van der Waals surface area (Å²) in [6.45, 7) is 0.641. The maximum Gasteiger partial charge on any atom is 0.290 e. The van der Waals surface area contributed by atoms with Crippen LogP contribution < -0.4 is 15.4 Å². The number of hydrogen-bond donors (Lipinski definition) is 2. The number of nitrogens with zero attached hydrogens (tertiary/aromatic N) is 1. The summed E-state index contributed by atoms with van der Waals surface area (Å²) in [6.07, 6.45) is 0. The average Bonchev–Trinajstić information content (AvgIpc) is 3.32. The normalized spacial score (nSPS) is 10.5. The van der Waals surface area contributed by atoms with E-state index in [-0.39, 0.29) is 11.5 Å². The van der Waals surface area contributed by atoms with Crippen LogP contribution in [0.1, 0.15) is 32.2 Å². The van der Waals surface area contributed by atoms with Crippen LogP contribution in [0.4, 0.5) is 0 Å². The van der Waals surface area contributed by atoms with E-state index in [0.717, 1.165) is 11.1 Å². The van der Waals surface area contributed by atoms with Gasteiger partial charge in [-0.2, -0.15) is 0 Å². The van der Waals surface area contributed by atoms with Crippen molar-refractivity contribution < 1.29 is 18.8 Å². The number of ether oxygens (including phenoxy) is 1. The van der Waals surface area contributed by atoms with Crippen molar-refractivity contribution in [3.05, 3.63) is 108 Å². The van der Waals surface area contributed by atoms with Crippen molar-refractivity contribution in [2.45, 2.75) is 13.1 Å². The molecule has 4 rings (SSSR count). The third-order valence-corrected chi connectivity index (χ3v) is 5.08. The van der Waals surface area contributed by atoms with Gasteiger partial charge in [-0.05, 0) is 28.8 Å². The first-order chi connectivity index (χ1) is 16.2. The molecule has 0 bridgehead atoms. The summed E-state index contributed by atoms with van der Waals surface area (Å²) in [4.78, 5) is 25.9. The van der Waals surface area contributed by atoms with Crippen LogP contribution in [0, 0.1) is 0 Å². The van der Waals surface area contributed by atoms with Crippen molar-refractivity contribution in [2.75, 3.05) is 7.11 Å². The topological polar surface area (TPSA) is 93.5 Å². The molecule has 0 aliphatic heterocycles. The third kappa shape index (κ3) is 5.27. The first-order valence-electron chi connectivity index (χ1n) is 10.4. The highest BCUT2D eigenvalue weighted by Crippen LogP contribution is 2.29. The quantitative estimate of drug-likeness (QED) is 0.427. The van der Waals surface area contributed by atoms with Gasteiger partial charge in [-0.25, -0.2) is 0 Å². The molecule has 33 heavy (non-hydrogen) atoms. The number of carbonyl (C=O) groups excluding carboxylic acids is 2. The Bertz CT molecular complexity index is 1150. The summed E-state index contributed by atoms with van der Waals surface area (Å²) in [5, 5.41) is 9.61. The Hall–Kier alpha value is -4.39. The number of methoxy groups -OCH3 is 1. The number of amides is 2. The second kappa shape index (κ2) is 10.3. The highest BCUT2D eigenvalue weighted by atomic mass is 16.5. The molecule has 3 aromatic carbocycles. The van der Waals surface area contributed by atoms with Gasteiger partial charge in [0.1, 0.15) is 5.75 Å². The van der Waals surface area contributed by atoms with E-state index >= 15 is 0 Å². The molecular formula is C26H23N3O4. The largest absolute Gasteiger partial charge is 0.497 e. The number of aromatic nitrogens is 1. The van der Waals surface area contributed by atoms with Crippen molar-refractivity contribution in [3.63, 3.8) is 0 Å². The molecule has 166 valence electrons. The van der Waals surface area contributed by atoms with E-state index in [0.29, 0.717) is 30.0 Å². The molecule has 4 aromatic rings. The Morgan fingerprint density at radius 2 is 1.33 bits per heavy atom. The highest BCUT2D eigenvalue weighted by Gasteiger charge is 2.27. The van der Waals surface area contributed by atoms with E-state index < -0.39 is 11.8 Å². The zero-order valence-corrected chi connectivity index (χ0v) is 18.1. The standard InChI is InChI=1S/C26H23N3O4/c1-32-21-14-12-20(13-15-21)22-23(25(30)27-16-18-8-4-2-5-9-18)29-33-24(22)26(31)28-17-19-10-6-3-7-11-19/h2-15H,16-17H2,1H3,(H,27,30)(H,28,31). The molecule has 2 amide bonds. The molecular weight excluding hydrogens is 418 g/mol. The average molecular weight is 441 g/mol. The van der Waals surface area contributed by atoms with Crippen molar-refractivity contribution >= 4 is 11.8 Å². The van der Waals surface area contributed by atoms with E-state index in [2.05, 4.69) is 15.8 Å². The number of carbonyl (C=O) groups is 2. The summed E-state index contributed by atoms with van der Waals surface area (Å²) in [7, 11) is 1.57. The fourth-order valence-corrected chi connectivity index (χ4v) is 3.35. The van der Waals surface area contributed by atoms with Gasteiger partial charge < -0.3 is 19.9 Å². The molecule has 0 saturated carbocycles. The molecule has 0 saturated heterocycles. The van der Waals surface area contributed by atoms with Crippen molar-refractivity contribution in [3.8, 4) is 16.9 Å². The van der Waals surface area contributed by atoms with Crippen molar-refractivity contribution in [2.24, 2.45) is 0 Å². The van der Waals surface area contributed by atoms with Crippen LogP contribution in [0.25, 0.3) is 11.1 Å². The molecule has 0 aliphatic rings. The van der Waals surface area contributed by atoms with Gasteiger partial charge in [0.25, 0.3) is 11.8 Å². The summed E-state index contributed by atoms with van der Waals surface area (Å²) in [6, 6.07) is 26.1. The molecule has 0 unspecified atom stereocenters. The van der Waals surface area contributed by atoms with E-state index in [1.54, 1.807) is 31.4 Å². The maximum atomic E-state index is 13.0. The molecule has 1 aromatic heterocycles. The van der Waals surface area contributed by atoms with E-state index in [9.17, 15) is 9.59 Å². The summed E-state index contributed by atoms with van der Waals surface area (Å²) < 4.78 is 10.6. The van der Waals surface area contributed by atoms with Gasteiger partial charge in [0.2, 0.25) is 5.76 Å². The first kappa shape index (κ1) is 21.8. The number of nitrogens with one attached hydrogen (secondary N) is 2. The second-order valence-corrected chi connectivity index (χ2v) is 7.30. The predicted octanol–water partition coefficient (Wildman–Crippen LogP) is 4.21. The Kier molecular flexibility index (Phi) is 6.80. The first-order valence-corrected chi connectivity index (χ1v) is 10.4. The van der Waals surface area contributed by atoms with Crippen LogP contribution in [-0.2, 0) is 13.1 Å². The van der Waals surface area contributed by atoms with Crippen molar-refractivity contribution in [1.29, 1.82) is 0 Å². The van der Waals surface area contributed by atoms with Gasteiger partial charge >= 0.3 is 0 Å². The molecule has 2 N–H and O–H groups in total. The lowest BCUT2D eigenvalue weighted by atomic mass is 10.0. The monoisotopic (exact) mass is 441 g/mol. The molecule has 1 heterocycles. The van der Waals surface area contributed by atoms with E-state index in [1.165, 1.54) is 0 Å². The fourth-order valence-electron chi connectivity index (χ4n) is 3.35. The summed E-state index contributed by atoms with van der Waals surface area (Å²) >= 11 is 0. The van der Waals surface area contributed by atoms with E-state index in [1.807, 2.05) is 60.7 Å². The van der Waals surface area contributed by atoms with Crippen LogP contribution in [0.15, 0.2) is 89.5 Å². The zero-order chi connectivity index (χ0) is 23.0. The Morgan fingerprint density at radius 1 is 0.788 bits per heavy atom. The number of benzene rings is 3. The number of hydrogen-bond acceptors (Lipinski definition) is 5. The highest BCUT2D eigenvalue weighted by molar-refractivity contribution is 6.06. The second-order valence-electron chi connectivity index (χ2n) is 7.30. The van der Waals surface area contributed by atoms with Gasteiger partial charge in [0, 0.05) is 13.1 Å². The summed E-state index contributed by atoms with van der Waals surface area (Å²) in [5.41, 5.74) is 2.87. The molecule has 7 heteroatoms. The molecule has 0 atom stereocenters. The minimum atomic E-state index is -0.459. The van der Waals surface area contributed by atoms with E-state index in [4.69, 9.17) is 9.26 Å². The molecule has 0 aliphatic carbocycles.